The van der Waals surface area contributed by atoms with E-state index in [9.17, 15) is 4.79 Å². The van der Waals surface area contributed by atoms with E-state index in [1.165, 1.54) is 19.3 Å². The summed E-state index contributed by atoms with van der Waals surface area (Å²) in [5.74, 6) is 2.15. The Labute approximate surface area is 144 Å². The van der Waals surface area contributed by atoms with Gasteiger partial charge in [0, 0.05) is 25.2 Å². The van der Waals surface area contributed by atoms with E-state index in [0.29, 0.717) is 24.3 Å². The van der Waals surface area contributed by atoms with Crippen molar-refractivity contribution in [2.45, 2.75) is 64.7 Å². The van der Waals surface area contributed by atoms with Crippen LogP contribution in [0.15, 0.2) is 11.8 Å². The molecule has 0 saturated heterocycles. The van der Waals surface area contributed by atoms with Crippen molar-refractivity contribution in [3.8, 4) is 0 Å². The zero-order chi connectivity index (χ0) is 17.1. The summed E-state index contributed by atoms with van der Waals surface area (Å²) < 4.78 is 11.6. The molecule has 2 N–H and O–H groups in total. The van der Waals surface area contributed by atoms with Gasteiger partial charge in [0.15, 0.2) is 5.76 Å². The van der Waals surface area contributed by atoms with E-state index < -0.39 is 6.29 Å². The zero-order valence-electron chi connectivity index (χ0n) is 14.9. The highest BCUT2D eigenvalue weighted by atomic mass is 16.7. The number of aliphatic hydroxyl groups excluding tert-OH is 1. The maximum absolute atomic E-state index is 12.6. The molecule has 24 heavy (non-hydrogen) atoms. The van der Waals surface area contributed by atoms with Crippen LogP contribution in [0.1, 0.15) is 52.4 Å². The first kappa shape index (κ1) is 17.7. The summed E-state index contributed by atoms with van der Waals surface area (Å²) in [5.41, 5.74) is 0. The molecule has 136 valence electrons. The van der Waals surface area contributed by atoms with Crippen molar-refractivity contribution in [3.05, 3.63) is 11.8 Å². The van der Waals surface area contributed by atoms with Crippen LogP contribution in [-0.2, 0) is 14.3 Å². The minimum atomic E-state index is -0.401. The average molecular weight is 337 g/mol. The number of rotatable bonds is 7. The molecule has 2 bridgehead atoms. The number of fused-ring (bicyclic) bond motifs is 2. The van der Waals surface area contributed by atoms with E-state index in [4.69, 9.17) is 14.6 Å². The summed E-state index contributed by atoms with van der Waals surface area (Å²) in [4.78, 5) is 12.6. The molecule has 1 aliphatic heterocycles. The molecule has 1 heterocycles. The average Bonchev–Trinajstić information content (AvgIpc) is 3.17. The fourth-order valence-corrected chi connectivity index (χ4v) is 4.70. The van der Waals surface area contributed by atoms with Gasteiger partial charge in [-0.2, -0.15) is 0 Å². The molecule has 2 saturated carbocycles. The Bertz CT molecular complexity index is 478. The van der Waals surface area contributed by atoms with Gasteiger partial charge in [-0.05, 0) is 62.9 Å². The molecule has 5 heteroatoms. The Morgan fingerprint density at radius 2 is 2.25 bits per heavy atom. The molecule has 0 aromatic carbocycles. The number of carbonyl (C=O) groups excluding carboxylic acids is 1. The minimum Gasteiger partial charge on any atom is -0.459 e. The topological polar surface area (TPSA) is 67.8 Å². The summed E-state index contributed by atoms with van der Waals surface area (Å²) in [6.07, 6.45) is 8.05. The summed E-state index contributed by atoms with van der Waals surface area (Å²) in [6, 6.07) is 0.314. The molecular formula is C19H31NO4. The molecule has 3 rings (SSSR count). The molecule has 0 aromatic rings. The van der Waals surface area contributed by atoms with Gasteiger partial charge in [-0.25, -0.2) is 0 Å². The number of carbonyl (C=O) groups is 1. The van der Waals surface area contributed by atoms with E-state index >= 15 is 0 Å². The van der Waals surface area contributed by atoms with Gasteiger partial charge in [0.1, 0.15) is 0 Å². The molecule has 0 radical (unpaired) electrons. The second kappa shape index (κ2) is 7.87. The standard InChI is InChI=1S/C19H31NO4/c1-3-23-19-15(5-4-8-21)12(2)9-17(24-19)18(22)20-16-11-13-6-7-14(16)10-13/h9,12-16,19,21H,3-8,10-11H2,1-2H3,(H,20,22)/t12-,13?,14?,15-,16?,19+/m1/s1. The van der Waals surface area contributed by atoms with Crippen LogP contribution in [0.25, 0.3) is 0 Å². The summed E-state index contributed by atoms with van der Waals surface area (Å²) >= 11 is 0. The highest BCUT2D eigenvalue weighted by molar-refractivity contribution is 5.91. The van der Waals surface area contributed by atoms with Gasteiger partial charge in [0.25, 0.3) is 5.91 Å². The van der Waals surface area contributed by atoms with Gasteiger partial charge in [0.05, 0.1) is 0 Å². The van der Waals surface area contributed by atoms with Gasteiger partial charge in [-0.15, -0.1) is 0 Å². The maximum atomic E-state index is 12.6. The lowest BCUT2D eigenvalue weighted by molar-refractivity contribution is -0.171. The molecule has 0 aromatic heterocycles. The van der Waals surface area contributed by atoms with E-state index in [-0.39, 0.29) is 24.3 Å². The lowest BCUT2D eigenvalue weighted by Gasteiger charge is -2.35. The predicted molar refractivity (Wildman–Crippen MR) is 90.9 cm³/mol. The van der Waals surface area contributed by atoms with Crippen LogP contribution in [0.2, 0.25) is 0 Å². The number of aliphatic hydroxyl groups is 1. The maximum Gasteiger partial charge on any atom is 0.286 e. The van der Waals surface area contributed by atoms with Crippen LogP contribution in [0.3, 0.4) is 0 Å². The first-order valence-electron chi connectivity index (χ1n) is 9.54. The van der Waals surface area contributed by atoms with Crippen molar-refractivity contribution in [1.29, 1.82) is 0 Å². The van der Waals surface area contributed by atoms with Gasteiger partial charge in [-0.1, -0.05) is 13.3 Å². The third kappa shape index (κ3) is 3.77. The Balaban J connectivity index is 1.62. The van der Waals surface area contributed by atoms with Crippen LogP contribution in [0.5, 0.6) is 0 Å². The molecule has 1 amide bonds. The van der Waals surface area contributed by atoms with Crippen molar-refractivity contribution in [1.82, 2.24) is 5.32 Å². The van der Waals surface area contributed by atoms with E-state index in [2.05, 4.69) is 12.2 Å². The lowest BCUT2D eigenvalue weighted by atomic mass is 9.86. The van der Waals surface area contributed by atoms with Gasteiger partial charge < -0.3 is 19.9 Å². The highest BCUT2D eigenvalue weighted by Crippen LogP contribution is 2.44. The van der Waals surface area contributed by atoms with Crippen LogP contribution in [0.4, 0.5) is 0 Å². The molecule has 3 unspecified atom stereocenters. The SMILES string of the molecule is CCO[C@H]1OC(C(=O)NC2CC3CCC2C3)=C[C@@H](C)[C@H]1CCCO. The Hall–Kier alpha value is -1.07. The monoisotopic (exact) mass is 337 g/mol. The molecular weight excluding hydrogens is 306 g/mol. The van der Waals surface area contributed by atoms with Crippen LogP contribution < -0.4 is 5.32 Å². The molecule has 0 spiro atoms. The largest absolute Gasteiger partial charge is 0.459 e. The summed E-state index contributed by atoms with van der Waals surface area (Å²) in [7, 11) is 0. The second-order valence-electron chi connectivity index (χ2n) is 7.62. The zero-order valence-corrected chi connectivity index (χ0v) is 14.9. The lowest BCUT2D eigenvalue weighted by Crippen LogP contribution is -2.43. The second-order valence-corrected chi connectivity index (χ2v) is 7.62. The highest BCUT2D eigenvalue weighted by Gasteiger charge is 2.41. The van der Waals surface area contributed by atoms with Crippen molar-refractivity contribution in [3.63, 3.8) is 0 Å². The van der Waals surface area contributed by atoms with Gasteiger partial charge >= 0.3 is 0 Å². The van der Waals surface area contributed by atoms with E-state index in [1.54, 1.807) is 0 Å². The number of hydrogen-bond donors (Lipinski definition) is 2. The van der Waals surface area contributed by atoms with Crippen LogP contribution in [0, 0.1) is 23.7 Å². The summed E-state index contributed by atoms with van der Waals surface area (Å²) in [6.45, 7) is 4.75. The van der Waals surface area contributed by atoms with Crippen LogP contribution in [-0.4, -0.2) is 36.6 Å². The van der Waals surface area contributed by atoms with Crippen LogP contribution >= 0.6 is 0 Å². The fourth-order valence-electron chi connectivity index (χ4n) is 4.70. The van der Waals surface area contributed by atoms with E-state index in [0.717, 1.165) is 25.2 Å². The number of amides is 1. The first-order chi connectivity index (χ1) is 11.6. The fraction of sp³-hybridized carbons (Fsp3) is 0.842. The third-order valence-corrected chi connectivity index (χ3v) is 5.99. The van der Waals surface area contributed by atoms with Crippen molar-refractivity contribution in [2.24, 2.45) is 23.7 Å². The predicted octanol–water partition coefficient (Wildman–Crippen LogP) is 2.59. The molecule has 2 fully saturated rings. The number of nitrogens with one attached hydrogen (secondary N) is 1. The van der Waals surface area contributed by atoms with Crippen molar-refractivity contribution in [2.75, 3.05) is 13.2 Å². The van der Waals surface area contributed by atoms with Gasteiger partial charge in [-0.3, -0.25) is 4.79 Å². The molecule has 5 nitrogen and oxygen atoms in total. The van der Waals surface area contributed by atoms with E-state index in [1.807, 2.05) is 13.0 Å². The smallest absolute Gasteiger partial charge is 0.286 e. The minimum absolute atomic E-state index is 0.0929. The first-order valence-corrected chi connectivity index (χ1v) is 9.54. The normalized spacial score (nSPS) is 37.9. The Kier molecular flexibility index (Phi) is 5.82. The number of ether oxygens (including phenoxy) is 2. The Morgan fingerprint density at radius 1 is 1.42 bits per heavy atom. The number of hydrogen-bond acceptors (Lipinski definition) is 4. The molecule has 2 aliphatic carbocycles. The summed E-state index contributed by atoms with van der Waals surface area (Å²) in [5, 5.41) is 12.3. The van der Waals surface area contributed by atoms with Gasteiger partial charge in [0.2, 0.25) is 6.29 Å². The Morgan fingerprint density at radius 3 is 2.88 bits per heavy atom. The molecule has 6 atom stereocenters. The quantitative estimate of drug-likeness (QED) is 0.749. The third-order valence-electron chi connectivity index (χ3n) is 5.99. The van der Waals surface area contributed by atoms with Crippen molar-refractivity contribution < 1.29 is 19.4 Å². The molecule has 3 aliphatic rings. The number of allylic oxidation sites excluding steroid dienone is 1. The van der Waals surface area contributed by atoms with Crippen molar-refractivity contribution >= 4 is 5.91 Å².